The van der Waals surface area contributed by atoms with E-state index in [1.165, 1.54) is 14.0 Å². The highest BCUT2D eigenvalue weighted by Crippen LogP contribution is 2.32. The Balaban J connectivity index is 2.18. The van der Waals surface area contributed by atoms with E-state index in [1.807, 2.05) is 48.5 Å². The molecule has 0 aromatic heterocycles. The lowest BCUT2D eigenvalue weighted by atomic mass is 9.98. The Labute approximate surface area is 190 Å². The van der Waals surface area contributed by atoms with Gasteiger partial charge in [-0.25, -0.2) is 0 Å². The predicted molar refractivity (Wildman–Crippen MR) is 120 cm³/mol. The van der Waals surface area contributed by atoms with Crippen molar-refractivity contribution >= 4 is 22.7 Å². The van der Waals surface area contributed by atoms with E-state index in [2.05, 4.69) is 4.74 Å². The molecule has 2 aromatic carbocycles. The van der Waals surface area contributed by atoms with E-state index in [1.54, 1.807) is 12.1 Å². The number of ether oxygens (including phenoxy) is 2. The first kappa shape index (κ1) is 25.7. The highest BCUT2D eigenvalue weighted by atomic mass is 32.2. The summed E-state index contributed by atoms with van der Waals surface area (Å²) in [5, 5.41) is 20.0. The fraction of sp³-hybridized carbons (Fsp3) is 0.417. The summed E-state index contributed by atoms with van der Waals surface area (Å²) in [5.74, 6) is -1.10. The largest absolute Gasteiger partial charge is 0.469 e. The Bertz CT molecular complexity index is 872. The average molecular weight is 463 g/mol. The first-order chi connectivity index (χ1) is 15.3. The van der Waals surface area contributed by atoms with E-state index in [0.29, 0.717) is 4.90 Å². The molecule has 5 atom stereocenters. The van der Waals surface area contributed by atoms with Gasteiger partial charge in [0.2, 0.25) is 0 Å². The molecule has 0 amide bonds. The smallest absolute Gasteiger partial charge is 0.308 e. The molecule has 0 saturated heterocycles. The van der Waals surface area contributed by atoms with Crippen molar-refractivity contribution in [2.24, 2.45) is 0 Å². The summed E-state index contributed by atoms with van der Waals surface area (Å²) < 4.78 is 23.4. The van der Waals surface area contributed by atoms with Gasteiger partial charge in [-0.05, 0) is 24.1 Å². The topological polar surface area (TPSA) is 110 Å². The second-order valence-electron chi connectivity index (χ2n) is 7.54. The van der Waals surface area contributed by atoms with Crippen LogP contribution in [0.25, 0.3) is 0 Å². The number of aliphatic hydroxyl groups is 2. The predicted octanol–water partition coefficient (Wildman–Crippen LogP) is 2.92. The fourth-order valence-electron chi connectivity index (χ4n) is 3.47. The number of hydrogen-bond donors (Lipinski definition) is 2. The number of aliphatic hydroxyl groups excluding tert-OH is 2. The summed E-state index contributed by atoms with van der Waals surface area (Å²) >= 11 is 0. The Hall–Kier alpha value is -2.55. The number of rotatable bonds is 12. The molecule has 0 bridgehead atoms. The van der Waals surface area contributed by atoms with Gasteiger partial charge in [-0.1, -0.05) is 48.5 Å². The number of carbonyl (C=O) groups excluding carboxylic acids is 2. The molecule has 32 heavy (non-hydrogen) atoms. The molecule has 0 aliphatic rings. The summed E-state index contributed by atoms with van der Waals surface area (Å²) in [7, 11) is -0.205. The monoisotopic (exact) mass is 462 g/mol. The maximum atomic E-state index is 13.4. The lowest BCUT2D eigenvalue weighted by molar-refractivity contribution is -0.148. The Kier molecular flexibility index (Phi) is 10.5. The van der Waals surface area contributed by atoms with E-state index in [0.717, 1.165) is 5.56 Å². The molecule has 0 saturated carbocycles. The minimum Gasteiger partial charge on any atom is -0.469 e. The summed E-state index contributed by atoms with van der Waals surface area (Å²) in [4.78, 5) is 23.7. The second kappa shape index (κ2) is 13.1. The van der Waals surface area contributed by atoms with Crippen LogP contribution in [0.2, 0.25) is 0 Å². The maximum Gasteiger partial charge on any atom is 0.308 e. The fourth-order valence-corrected chi connectivity index (χ4v) is 5.02. The van der Waals surface area contributed by atoms with E-state index in [4.69, 9.17) is 4.74 Å². The molecular weight excluding hydrogens is 432 g/mol. The van der Waals surface area contributed by atoms with E-state index in [-0.39, 0.29) is 25.7 Å². The first-order valence-corrected chi connectivity index (χ1v) is 11.6. The molecule has 174 valence electrons. The van der Waals surface area contributed by atoms with Crippen molar-refractivity contribution in [3.05, 3.63) is 66.2 Å². The summed E-state index contributed by atoms with van der Waals surface area (Å²) in [6.07, 6.45) is -2.91. The van der Waals surface area contributed by atoms with Gasteiger partial charge < -0.3 is 19.7 Å². The third kappa shape index (κ3) is 8.53. The molecule has 2 unspecified atom stereocenters. The van der Waals surface area contributed by atoms with Crippen LogP contribution in [0.15, 0.2) is 65.6 Å². The van der Waals surface area contributed by atoms with Gasteiger partial charge in [0, 0.05) is 24.7 Å². The molecule has 0 radical (unpaired) electrons. The van der Waals surface area contributed by atoms with Gasteiger partial charge in [-0.15, -0.1) is 0 Å². The van der Waals surface area contributed by atoms with Crippen molar-refractivity contribution in [1.82, 2.24) is 0 Å². The lowest BCUT2D eigenvalue weighted by Crippen LogP contribution is -2.29. The molecular formula is C24H30O7S. The zero-order chi connectivity index (χ0) is 23.5. The Morgan fingerprint density at radius 3 is 2.06 bits per heavy atom. The van der Waals surface area contributed by atoms with Crippen LogP contribution in [-0.4, -0.2) is 51.8 Å². The van der Waals surface area contributed by atoms with Gasteiger partial charge in [0.25, 0.3) is 0 Å². The number of benzene rings is 2. The maximum absolute atomic E-state index is 13.4. The molecule has 7 nitrogen and oxygen atoms in total. The third-order valence-corrected chi connectivity index (χ3v) is 6.64. The highest BCUT2D eigenvalue weighted by molar-refractivity contribution is 7.85. The van der Waals surface area contributed by atoms with Gasteiger partial charge in [0.1, 0.15) is 6.10 Å². The number of esters is 2. The van der Waals surface area contributed by atoms with Crippen LogP contribution in [0.4, 0.5) is 0 Å². The third-order valence-electron chi connectivity index (χ3n) is 4.92. The number of methoxy groups -OCH3 is 1. The van der Waals surface area contributed by atoms with Crippen molar-refractivity contribution in [2.75, 3.05) is 7.11 Å². The SMILES string of the molecule is COC(=O)C[C@H](O)C[C@@H](O)C[C@@H](CC(c1ccccc1)S(=O)c1ccccc1)OC(C)=O. The minimum absolute atomic E-state index is 0.0349. The van der Waals surface area contributed by atoms with Crippen molar-refractivity contribution in [2.45, 2.75) is 61.1 Å². The molecule has 2 rings (SSSR count). The summed E-state index contributed by atoms with van der Waals surface area (Å²) in [6, 6.07) is 18.3. The van der Waals surface area contributed by atoms with Crippen LogP contribution in [0, 0.1) is 0 Å². The minimum atomic E-state index is -1.43. The van der Waals surface area contributed by atoms with Crippen LogP contribution in [0.5, 0.6) is 0 Å². The highest BCUT2D eigenvalue weighted by Gasteiger charge is 2.29. The summed E-state index contributed by atoms with van der Waals surface area (Å²) in [5.41, 5.74) is 0.826. The molecule has 2 N–H and O–H groups in total. The average Bonchev–Trinajstić information content (AvgIpc) is 2.77. The lowest BCUT2D eigenvalue weighted by Gasteiger charge is -2.26. The van der Waals surface area contributed by atoms with Crippen molar-refractivity contribution < 1.29 is 33.5 Å². The van der Waals surface area contributed by atoms with Gasteiger partial charge in [0.15, 0.2) is 0 Å². The molecule has 0 aliphatic carbocycles. The van der Waals surface area contributed by atoms with E-state index in [9.17, 15) is 24.0 Å². The first-order valence-electron chi connectivity index (χ1n) is 10.4. The molecule has 0 aliphatic heterocycles. The van der Waals surface area contributed by atoms with Gasteiger partial charge in [-0.3, -0.25) is 13.8 Å². The van der Waals surface area contributed by atoms with Crippen LogP contribution >= 0.6 is 0 Å². The molecule has 8 heteroatoms. The number of carbonyl (C=O) groups is 2. The van der Waals surface area contributed by atoms with Crippen LogP contribution in [0.1, 0.15) is 43.4 Å². The van der Waals surface area contributed by atoms with Gasteiger partial charge in [-0.2, -0.15) is 0 Å². The van der Waals surface area contributed by atoms with Crippen LogP contribution in [-0.2, 0) is 29.9 Å². The second-order valence-corrected chi connectivity index (χ2v) is 9.17. The van der Waals surface area contributed by atoms with Gasteiger partial charge in [0.05, 0.1) is 41.8 Å². The molecule has 0 fully saturated rings. The molecule has 0 heterocycles. The van der Waals surface area contributed by atoms with Crippen LogP contribution < -0.4 is 0 Å². The van der Waals surface area contributed by atoms with Crippen LogP contribution in [0.3, 0.4) is 0 Å². The quantitative estimate of drug-likeness (QED) is 0.467. The normalized spacial score (nSPS) is 15.8. The molecule has 0 spiro atoms. The van der Waals surface area contributed by atoms with Crippen molar-refractivity contribution in [3.63, 3.8) is 0 Å². The Morgan fingerprint density at radius 1 is 0.906 bits per heavy atom. The Morgan fingerprint density at radius 2 is 1.50 bits per heavy atom. The number of hydrogen-bond acceptors (Lipinski definition) is 7. The van der Waals surface area contributed by atoms with E-state index < -0.39 is 46.3 Å². The van der Waals surface area contributed by atoms with Crippen molar-refractivity contribution in [3.8, 4) is 0 Å². The zero-order valence-corrected chi connectivity index (χ0v) is 19.1. The zero-order valence-electron chi connectivity index (χ0n) is 18.3. The van der Waals surface area contributed by atoms with Gasteiger partial charge >= 0.3 is 11.9 Å². The van der Waals surface area contributed by atoms with E-state index >= 15 is 0 Å². The van der Waals surface area contributed by atoms with Crippen molar-refractivity contribution in [1.29, 1.82) is 0 Å². The standard InChI is InChI=1S/C24H30O7S/c1-17(25)31-21(14-19(26)13-20(27)15-24(28)30-2)16-23(18-9-5-3-6-10-18)32(29)22-11-7-4-8-12-22/h3-12,19-21,23,26-27H,13-16H2,1-2H3/t19-,20-,21+,23?,32?/m1/s1. The molecule has 2 aromatic rings. The summed E-state index contributed by atoms with van der Waals surface area (Å²) in [6.45, 7) is 1.27.